The lowest BCUT2D eigenvalue weighted by atomic mass is 9.97. The molecule has 0 bridgehead atoms. The number of nitrogens with zero attached hydrogens (tertiary/aromatic N) is 2. The van der Waals surface area contributed by atoms with Gasteiger partial charge in [0.25, 0.3) is 0 Å². The lowest BCUT2D eigenvalue weighted by molar-refractivity contribution is 0.000757. The van der Waals surface area contributed by atoms with Crippen LogP contribution < -0.4 is 0 Å². The second kappa shape index (κ2) is 7.49. The zero-order valence-corrected chi connectivity index (χ0v) is 15.6. The van der Waals surface area contributed by atoms with Gasteiger partial charge in [-0.1, -0.05) is 12.1 Å². The third-order valence-electron chi connectivity index (χ3n) is 5.81. The van der Waals surface area contributed by atoms with Crippen molar-refractivity contribution < 1.29 is 13.6 Å². The minimum absolute atomic E-state index is 0.150. The van der Waals surface area contributed by atoms with E-state index in [9.17, 15) is 0 Å². The van der Waals surface area contributed by atoms with Crippen LogP contribution in [0, 0.1) is 0 Å². The van der Waals surface area contributed by atoms with Crippen molar-refractivity contribution in [1.82, 2.24) is 9.88 Å². The van der Waals surface area contributed by atoms with Gasteiger partial charge in [-0.3, -0.25) is 4.90 Å². The highest BCUT2D eigenvalue weighted by Crippen LogP contribution is 2.32. The van der Waals surface area contributed by atoms with Gasteiger partial charge in [-0.25, -0.2) is 4.98 Å². The predicted molar refractivity (Wildman–Crippen MR) is 103 cm³/mol. The summed E-state index contributed by atoms with van der Waals surface area (Å²) in [6.45, 7) is 3.80. The molecule has 1 aromatic carbocycles. The maximum absolute atomic E-state index is 6.08. The zero-order valence-electron chi connectivity index (χ0n) is 15.6. The smallest absolute Gasteiger partial charge is 0.198 e. The number of aromatic nitrogens is 1. The molecule has 0 amide bonds. The first-order valence-electron chi connectivity index (χ1n) is 10.1. The van der Waals surface area contributed by atoms with E-state index in [-0.39, 0.29) is 6.10 Å². The van der Waals surface area contributed by atoms with E-state index in [1.54, 1.807) is 0 Å². The molecule has 0 saturated carbocycles. The number of likely N-dealkylation sites (tertiary alicyclic amines) is 1. The molecule has 2 saturated heterocycles. The van der Waals surface area contributed by atoms with E-state index in [1.807, 2.05) is 24.3 Å². The molecular formula is C22H26N2O3. The molecule has 1 atom stereocenters. The number of furan rings is 1. The fourth-order valence-electron chi connectivity index (χ4n) is 4.24. The molecule has 1 unspecified atom stereocenters. The van der Waals surface area contributed by atoms with E-state index in [1.165, 1.54) is 12.8 Å². The summed E-state index contributed by atoms with van der Waals surface area (Å²) in [5.74, 6) is 3.34. The van der Waals surface area contributed by atoms with Crippen molar-refractivity contribution in [2.75, 3.05) is 19.7 Å². The molecular weight excluding hydrogens is 340 g/mol. The summed E-state index contributed by atoms with van der Waals surface area (Å²) in [6.07, 6.45) is 5.77. The fraction of sp³-hybridized carbons (Fsp3) is 0.500. The molecule has 2 aliphatic rings. The Hall–Kier alpha value is -2.11. The molecule has 0 radical (unpaired) electrons. The van der Waals surface area contributed by atoms with Crippen LogP contribution in [0.3, 0.4) is 0 Å². The van der Waals surface area contributed by atoms with E-state index in [0.717, 1.165) is 74.0 Å². The molecule has 2 aliphatic heterocycles. The normalized spacial score (nSPS) is 22.4. The van der Waals surface area contributed by atoms with E-state index >= 15 is 0 Å². The Morgan fingerprint density at radius 3 is 2.67 bits per heavy atom. The fourth-order valence-corrected chi connectivity index (χ4v) is 4.24. The van der Waals surface area contributed by atoms with Crippen molar-refractivity contribution in [3.05, 3.63) is 53.8 Å². The third kappa shape index (κ3) is 3.66. The molecule has 0 N–H and O–H groups in total. The van der Waals surface area contributed by atoms with Gasteiger partial charge in [0, 0.05) is 12.5 Å². The molecule has 2 fully saturated rings. The minimum Gasteiger partial charge on any atom is -0.462 e. The number of hydrogen-bond donors (Lipinski definition) is 0. The van der Waals surface area contributed by atoms with Gasteiger partial charge in [0.15, 0.2) is 11.5 Å². The number of oxazole rings is 1. The van der Waals surface area contributed by atoms with Crippen molar-refractivity contribution in [3.8, 4) is 0 Å². The van der Waals surface area contributed by atoms with Crippen molar-refractivity contribution >= 4 is 11.1 Å². The van der Waals surface area contributed by atoms with Gasteiger partial charge in [-0.05, 0) is 69.5 Å². The Morgan fingerprint density at radius 1 is 0.963 bits per heavy atom. The maximum atomic E-state index is 6.08. The molecule has 142 valence electrons. The van der Waals surface area contributed by atoms with Gasteiger partial charge < -0.3 is 13.6 Å². The maximum Gasteiger partial charge on any atom is 0.198 e. The van der Waals surface area contributed by atoms with Gasteiger partial charge in [0.2, 0.25) is 0 Å². The van der Waals surface area contributed by atoms with Gasteiger partial charge in [-0.2, -0.15) is 0 Å². The van der Waals surface area contributed by atoms with Crippen molar-refractivity contribution in [2.45, 2.75) is 50.7 Å². The van der Waals surface area contributed by atoms with Crippen LogP contribution in [0.25, 0.3) is 11.1 Å². The summed E-state index contributed by atoms with van der Waals surface area (Å²) in [6, 6.07) is 12.2. The Balaban J connectivity index is 1.18. The third-order valence-corrected chi connectivity index (χ3v) is 5.81. The zero-order chi connectivity index (χ0) is 18.1. The van der Waals surface area contributed by atoms with E-state index < -0.39 is 0 Å². The first kappa shape index (κ1) is 17.0. The Labute approximate surface area is 159 Å². The van der Waals surface area contributed by atoms with Gasteiger partial charge >= 0.3 is 0 Å². The lowest BCUT2D eigenvalue weighted by Crippen LogP contribution is -2.32. The Kier molecular flexibility index (Phi) is 4.72. The molecule has 0 spiro atoms. The molecule has 5 heteroatoms. The SMILES string of the molecule is c1ccc2oc(C3CCN(Cc4ccc(C5CCCCO5)o4)CC3)nc2c1. The summed E-state index contributed by atoms with van der Waals surface area (Å²) in [4.78, 5) is 7.14. The molecule has 4 heterocycles. The van der Waals surface area contributed by atoms with E-state index in [2.05, 4.69) is 22.0 Å². The first-order chi connectivity index (χ1) is 13.3. The molecule has 0 aliphatic carbocycles. The van der Waals surface area contributed by atoms with Crippen LogP contribution in [0.4, 0.5) is 0 Å². The highest BCUT2D eigenvalue weighted by atomic mass is 16.5. The number of para-hydroxylation sites is 2. The van der Waals surface area contributed by atoms with Crippen LogP contribution in [-0.2, 0) is 11.3 Å². The quantitative estimate of drug-likeness (QED) is 0.647. The highest BCUT2D eigenvalue weighted by Gasteiger charge is 2.26. The number of rotatable bonds is 4. The number of fused-ring (bicyclic) bond motifs is 1. The number of ether oxygens (including phenoxy) is 1. The molecule has 5 nitrogen and oxygen atoms in total. The van der Waals surface area contributed by atoms with Crippen molar-refractivity contribution in [1.29, 1.82) is 0 Å². The topological polar surface area (TPSA) is 51.6 Å². The summed E-state index contributed by atoms with van der Waals surface area (Å²) >= 11 is 0. The second-order valence-corrected chi connectivity index (χ2v) is 7.73. The van der Waals surface area contributed by atoms with Crippen LogP contribution in [0.15, 0.2) is 45.2 Å². The summed E-state index contributed by atoms with van der Waals surface area (Å²) in [5.41, 5.74) is 1.85. The monoisotopic (exact) mass is 366 g/mol. The number of hydrogen-bond acceptors (Lipinski definition) is 5. The average molecular weight is 366 g/mol. The molecule has 27 heavy (non-hydrogen) atoms. The summed E-state index contributed by atoms with van der Waals surface area (Å²) in [7, 11) is 0. The van der Waals surface area contributed by atoms with Crippen LogP contribution in [0.2, 0.25) is 0 Å². The van der Waals surface area contributed by atoms with Crippen LogP contribution in [0.1, 0.15) is 61.5 Å². The summed E-state index contributed by atoms with van der Waals surface area (Å²) in [5, 5.41) is 0. The number of benzene rings is 1. The van der Waals surface area contributed by atoms with Gasteiger partial charge in [0.05, 0.1) is 6.54 Å². The van der Waals surface area contributed by atoms with Gasteiger partial charge in [0.1, 0.15) is 23.1 Å². The van der Waals surface area contributed by atoms with Crippen LogP contribution >= 0.6 is 0 Å². The van der Waals surface area contributed by atoms with Crippen molar-refractivity contribution in [3.63, 3.8) is 0 Å². The number of piperidine rings is 1. The first-order valence-corrected chi connectivity index (χ1v) is 10.1. The van der Waals surface area contributed by atoms with E-state index in [0.29, 0.717) is 5.92 Å². The van der Waals surface area contributed by atoms with Crippen molar-refractivity contribution in [2.24, 2.45) is 0 Å². The molecule has 3 aromatic rings. The Morgan fingerprint density at radius 2 is 1.85 bits per heavy atom. The highest BCUT2D eigenvalue weighted by molar-refractivity contribution is 5.72. The molecule has 2 aromatic heterocycles. The predicted octanol–water partition coefficient (Wildman–Crippen LogP) is 5.04. The van der Waals surface area contributed by atoms with Crippen LogP contribution in [0.5, 0.6) is 0 Å². The van der Waals surface area contributed by atoms with Gasteiger partial charge in [-0.15, -0.1) is 0 Å². The summed E-state index contributed by atoms with van der Waals surface area (Å²) < 4.78 is 17.9. The van der Waals surface area contributed by atoms with E-state index in [4.69, 9.17) is 13.6 Å². The van der Waals surface area contributed by atoms with Crippen LogP contribution in [-0.4, -0.2) is 29.6 Å². The second-order valence-electron chi connectivity index (χ2n) is 7.73. The lowest BCUT2D eigenvalue weighted by Gasteiger charge is -2.29. The average Bonchev–Trinajstić information content (AvgIpc) is 3.36. The Bertz CT molecular complexity index is 853. The molecule has 5 rings (SSSR count). The minimum atomic E-state index is 0.150. The standard InChI is InChI=1S/C22H26N2O3/c1-2-6-19-18(5-1)23-22(27-19)16-10-12-24(13-11-16)15-17-8-9-21(26-17)20-7-3-4-14-25-20/h1-2,5-6,8-9,16,20H,3-4,7,10-15H2. The largest absolute Gasteiger partial charge is 0.462 e.